The van der Waals surface area contributed by atoms with E-state index in [1.807, 2.05) is 42.5 Å². The number of imide groups is 1. The topological polar surface area (TPSA) is 98.7 Å². The fourth-order valence-corrected chi connectivity index (χ4v) is 5.27. The Morgan fingerprint density at radius 3 is 2.47 bits per heavy atom. The van der Waals surface area contributed by atoms with Gasteiger partial charge in [-0.05, 0) is 25.0 Å². The number of amides is 3. The van der Waals surface area contributed by atoms with E-state index in [0.29, 0.717) is 17.7 Å². The smallest absolute Gasteiger partial charge is 0.250 e. The van der Waals surface area contributed by atoms with Gasteiger partial charge in [0.25, 0.3) is 0 Å². The first-order valence-corrected chi connectivity index (χ1v) is 10.2. The predicted molar refractivity (Wildman–Crippen MR) is 109 cm³/mol. The Labute approximate surface area is 174 Å². The highest BCUT2D eigenvalue weighted by molar-refractivity contribution is 6.15. The molecule has 5 atom stereocenters. The number of nitrogens with zero attached hydrogens (tertiary/aromatic N) is 1. The van der Waals surface area contributed by atoms with Crippen molar-refractivity contribution in [3.63, 3.8) is 0 Å². The molecule has 3 aliphatic heterocycles. The quantitative estimate of drug-likeness (QED) is 0.660. The van der Waals surface area contributed by atoms with Crippen LogP contribution in [-0.4, -0.2) is 46.4 Å². The summed E-state index contributed by atoms with van der Waals surface area (Å²) in [6, 6.07) is 16.2. The van der Waals surface area contributed by atoms with Gasteiger partial charge in [0, 0.05) is 23.8 Å². The van der Waals surface area contributed by atoms with Gasteiger partial charge in [-0.15, -0.1) is 0 Å². The minimum absolute atomic E-state index is 0.251. The number of benzene rings is 2. The third-order valence-corrected chi connectivity index (χ3v) is 6.64. The number of anilines is 1. The summed E-state index contributed by atoms with van der Waals surface area (Å²) in [7, 11) is 0. The van der Waals surface area contributed by atoms with Crippen LogP contribution in [0.15, 0.2) is 54.6 Å². The van der Waals surface area contributed by atoms with Crippen LogP contribution in [0.3, 0.4) is 0 Å². The first-order chi connectivity index (χ1) is 14.4. The molecule has 154 valence electrons. The molecule has 2 aromatic carbocycles. The maximum atomic E-state index is 13.5. The minimum Gasteiger partial charge on any atom is -0.392 e. The molecule has 0 aliphatic carbocycles. The molecular weight excluding hydrogens is 382 g/mol. The maximum Gasteiger partial charge on any atom is 0.250 e. The average Bonchev–Trinajstić information content (AvgIpc) is 3.33. The molecule has 3 heterocycles. The summed E-state index contributed by atoms with van der Waals surface area (Å²) in [4.78, 5) is 41.3. The van der Waals surface area contributed by atoms with Gasteiger partial charge in [-0.2, -0.15) is 0 Å². The lowest BCUT2D eigenvalue weighted by atomic mass is 9.76. The summed E-state index contributed by atoms with van der Waals surface area (Å²) < 4.78 is 0. The maximum absolute atomic E-state index is 13.5. The lowest BCUT2D eigenvalue weighted by Gasteiger charge is -2.30. The zero-order chi connectivity index (χ0) is 21.0. The van der Waals surface area contributed by atoms with E-state index in [9.17, 15) is 19.5 Å². The lowest BCUT2D eigenvalue weighted by Crippen LogP contribution is -2.54. The van der Waals surface area contributed by atoms with Gasteiger partial charge in [0.1, 0.15) is 5.54 Å². The number of para-hydroxylation sites is 1. The normalized spacial score (nSPS) is 30.5. The van der Waals surface area contributed by atoms with Crippen LogP contribution in [0.2, 0.25) is 0 Å². The number of hydrogen-bond donors (Lipinski definition) is 3. The molecule has 5 unspecified atom stereocenters. The lowest BCUT2D eigenvalue weighted by molar-refractivity contribution is -0.143. The number of carbonyl (C=O) groups is 3. The molecular formula is C23H23N3O4. The number of aliphatic hydroxyl groups excluding tert-OH is 1. The standard InChI is InChI=1S/C23H23N3O4/c1-13(27)19-17-18(23(25-19)15-9-5-6-10-16(15)24-22(23)30)21(29)26(20(17)28)12-11-14-7-3-2-4-8-14/h2-10,13,17-19,25,27H,11-12H2,1H3,(H,24,30). The van der Waals surface area contributed by atoms with Crippen molar-refractivity contribution in [3.8, 4) is 0 Å². The number of carbonyl (C=O) groups excluding carboxylic acids is 3. The van der Waals surface area contributed by atoms with Crippen molar-refractivity contribution in [2.75, 3.05) is 11.9 Å². The first kappa shape index (κ1) is 19.0. The summed E-state index contributed by atoms with van der Waals surface area (Å²) in [6.45, 7) is 1.83. The zero-order valence-electron chi connectivity index (χ0n) is 16.5. The summed E-state index contributed by atoms with van der Waals surface area (Å²) in [5.74, 6) is -2.71. The molecule has 7 nitrogen and oxygen atoms in total. The van der Waals surface area contributed by atoms with Crippen molar-refractivity contribution in [3.05, 3.63) is 65.7 Å². The highest BCUT2D eigenvalue weighted by Crippen LogP contribution is 2.53. The van der Waals surface area contributed by atoms with Gasteiger partial charge in [-0.25, -0.2) is 0 Å². The Morgan fingerprint density at radius 1 is 1.03 bits per heavy atom. The second kappa shape index (κ2) is 6.75. The number of rotatable bonds is 4. The molecule has 5 rings (SSSR count). The Bertz CT molecular complexity index is 1040. The largest absolute Gasteiger partial charge is 0.392 e. The van der Waals surface area contributed by atoms with Crippen LogP contribution in [-0.2, 0) is 26.3 Å². The number of likely N-dealkylation sites (tertiary alicyclic amines) is 1. The van der Waals surface area contributed by atoms with Crippen LogP contribution in [0.25, 0.3) is 0 Å². The number of hydrogen-bond acceptors (Lipinski definition) is 5. The van der Waals surface area contributed by atoms with Crippen molar-refractivity contribution >= 4 is 23.4 Å². The molecule has 3 amide bonds. The Balaban J connectivity index is 1.54. The third kappa shape index (κ3) is 2.49. The monoisotopic (exact) mass is 405 g/mol. The van der Waals surface area contributed by atoms with E-state index in [-0.39, 0.29) is 24.3 Å². The van der Waals surface area contributed by atoms with E-state index in [0.717, 1.165) is 5.56 Å². The van der Waals surface area contributed by atoms with E-state index in [1.165, 1.54) is 4.90 Å². The third-order valence-electron chi connectivity index (χ3n) is 6.64. The fraction of sp³-hybridized carbons (Fsp3) is 0.348. The van der Waals surface area contributed by atoms with E-state index in [4.69, 9.17) is 0 Å². The van der Waals surface area contributed by atoms with E-state index in [1.54, 1.807) is 19.1 Å². The van der Waals surface area contributed by atoms with Crippen LogP contribution in [0, 0.1) is 11.8 Å². The molecule has 0 bridgehead atoms. The Morgan fingerprint density at radius 2 is 1.73 bits per heavy atom. The second-order valence-corrected chi connectivity index (χ2v) is 8.29. The van der Waals surface area contributed by atoms with Gasteiger partial charge in [0.15, 0.2) is 0 Å². The SMILES string of the molecule is CC(O)C1NC2(C(=O)Nc3ccccc32)C2C(=O)N(CCc3ccccc3)C(=O)C12. The van der Waals surface area contributed by atoms with Gasteiger partial charge in [0.2, 0.25) is 17.7 Å². The molecule has 2 aromatic rings. The van der Waals surface area contributed by atoms with Crippen molar-refractivity contribution in [2.45, 2.75) is 31.0 Å². The molecule has 3 aliphatic rings. The van der Waals surface area contributed by atoms with Gasteiger partial charge >= 0.3 is 0 Å². The van der Waals surface area contributed by atoms with Crippen molar-refractivity contribution in [2.24, 2.45) is 11.8 Å². The second-order valence-electron chi connectivity index (χ2n) is 8.29. The van der Waals surface area contributed by atoms with Crippen LogP contribution < -0.4 is 10.6 Å². The van der Waals surface area contributed by atoms with Gasteiger partial charge in [-0.1, -0.05) is 48.5 Å². The van der Waals surface area contributed by atoms with Crippen molar-refractivity contribution in [1.82, 2.24) is 10.2 Å². The van der Waals surface area contributed by atoms with Crippen molar-refractivity contribution in [1.29, 1.82) is 0 Å². The molecule has 3 N–H and O–H groups in total. The number of nitrogens with one attached hydrogen (secondary N) is 2. The molecule has 0 radical (unpaired) electrons. The number of fused-ring (bicyclic) bond motifs is 4. The highest BCUT2D eigenvalue weighted by Gasteiger charge is 2.70. The fourth-order valence-electron chi connectivity index (χ4n) is 5.27. The number of aliphatic hydroxyl groups is 1. The van der Waals surface area contributed by atoms with Crippen LogP contribution in [0.1, 0.15) is 18.1 Å². The predicted octanol–water partition coefficient (Wildman–Crippen LogP) is 1.03. The van der Waals surface area contributed by atoms with Gasteiger partial charge < -0.3 is 10.4 Å². The Hall–Kier alpha value is -3.03. The molecule has 2 saturated heterocycles. The van der Waals surface area contributed by atoms with Crippen LogP contribution >= 0.6 is 0 Å². The van der Waals surface area contributed by atoms with Crippen molar-refractivity contribution < 1.29 is 19.5 Å². The summed E-state index contributed by atoms with van der Waals surface area (Å²) in [6.07, 6.45) is -0.358. The zero-order valence-corrected chi connectivity index (χ0v) is 16.5. The van der Waals surface area contributed by atoms with E-state index >= 15 is 0 Å². The van der Waals surface area contributed by atoms with Gasteiger partial charge in [0.05, 0.1) is 17.9 Å². The molecule has 0 saturated carbocycles. The van der Waals surface area contributed by atoms with E-state index in [2.05, 4.69) is 10.6 Å². The highest BCUT2D eigenvalue weighted by atomic mass is 16.3. The van der Waals surface area contributed by atoms with E-state index < -0.39 is 29.5 Å². The van der Waals surface area contributed by atoms with Gasteiger partial charge in [-0.3, -0.25) is 24.6 Å². The molecule has 2 fully saturated rings. The molecule has 1 spiro atoms. The first-order valence-electron chi connectivity index (χ1n) is 10.2. The van der Waals surface area contributed by atoms with Crippen LogP contribution in [0.4, 0.5) is 5.69 Å². The molecule has 30 heavy (non-hydrogen) atoms. The summed E-state index contributed by atoms with van der Waals surface area (Å²) >= 11 is 0. The molecule has 0 aromatic heterocycles. The molecule has 7 heteroatoms. The summed E-state index contributed by atoms with van der Waals surface area (Å²) in [5, 5.41) is 16.4. The minimum atomic E-state index is -1.35. The van der Waals surface area contributed by atoms with Crippen LogP contribution in [0.5, 0.6) is 0 Å². The summed E-state index contributed by atoms with van der Waals surface area (Å²) in [5.41, 5.74) is 0.957. The average molecular weight is 405 g/mol. The Kier molecular flexibility index (Phi) is 4.27.